The van der Waals surface area contributed by atoms with Crippen LogP contribution < -0.4 is 5.73 Å². The first-order valence-corrected chi connectivity index (χ1v) is 8.70. The van der Waals surface area contributed by atoms with Crippen molar-refractivity contribution in [3.05, 3.63) is 23.0 Å². The van der Waals surface area contributed by atoms with Gasteiger partial charge < -0.3 is 20.4 Å². The van der Waals surface area contributed by atoms with Gasteiger partial charge in [-0.2, -0.15) is 0 Å². The smallest absolute Gasteiger partial charge is 0.405 e. The number of nitrogens with one attached hydrogen (secondary N) is 1. The number of hydrogen-bond donors (Lipinski definition) is 2. The van der Waals surface area contributed by atoms with Crippen LogP contribution >= 0.6 is 0 Å². The fourth-order valence-corrected chi connectivity index (χ4v) is 3.69. The van der Waals surface area contributed by atoms with Crippen molar-refractivity contribution in [3.63, 3.8) is 0 Å². The first-order valence-electron chi connectivity index (χ1n) is 8.70. The molecule has 1 aliphatic rings. The highest BCUT2D eigenvalue weighted by Gasteiger charge is 2.33. The number of carbonyl (C=O) groups is 2. The van der Waals surface area contributed by atoms with Crippen LogP contribution in [0.25, 0.3) is 0 Å². The number of aromatic nitrogens is 1. The van der Waals surface area contributed by atoms with E-state index in [1.165, 1.54) is 0 Å². The molecule has 1 unspecified atom stereocenters. The predicted molar refractivity (Wildman–Crippen MR) is 92.9 cm³/mol. The van der Waals surface area contributed by atoms with Crippen LogP contribution in [0.4, 0.5) is 4.79 Å². The Hall–Kier alpha value is -1.98. The van der Waals surface area contributed by atoms with Gasteiger partial charge in [-0.15, -0.1) is 0 Å². The summed E-state index contributed by atoms with van der Waals surface area (Å²) < 4.78 is 5.28. The monoisotopic (exact) mass is 335 g/mol. The molecular formula is C18H29N3O3. The van der Waals surface area contributed by atoms with E-state index < -0.39 is 11.7 Å². The second-order valence-corrected chi connectivity index (χ2v) is 7.14. The van der Waals surface area contributed by atoms with Crippen LogP contribution in [0.15, 0.2) is 6.20 Å². The molecule has 134 valence electrons. The maximum atomic E-state index is 12.8. The van der Waals surface area contributed by atoms with Crippen molar-refractivity contribution in [1.82, 2.24) is 9.88 Å². The molecule has 6 nitrogen and oxygen atoms in total. The molecule has 1 atom stereocenters. The van der Waals surface area contributed by atoms with Gasteiger partial charge in [0.1, 0.15) is 5.60 Å². The number of hydrogen-bond acceptors (Lipinski definition) is 3. The largest absolute Gasteiger partial charge is 0.443 e. The van der Waals surface area contributed by atoms with Crippen LogP contribution in [0.1, 0.15) is 61.6 Å². The van der Waals surface area contributed by atoms with Gasteiger partial charge in [0.2, 0.25) is 0 Å². The van der Waals surface area contributed by atoms with Crippen LogP contribution in [0, 0.1) is 12.8 Å². The highest BCUT2D eigenvalue weighted by atomic mass is 16.6. The summed E-state index contributed by atoms with van der Waals surface area (Å²) >= 11 is 0. The van der Waals surface area contributed by atoms with Gasteiger partial charge in [-0.25, -0.2) is 4.79 Å². The van der Waals surface area contributed by atoms with Crippen LogP contribution in [0.5, 0.6) is 0 Å². The second kappa shape index (κ2) is 7.28. The number of amides is 2. The Bertz CT molecular complexity index is 607. The fourth-order valence-electron chi connectivity index (χ4n) is 3.69. The zero-order valence-electron chi connectivity index (χ0n) is 15.1. The van der Waals surface area contributed by atoms with Crippen molar-refractivity contribution in [2.45, 2.75) is 59.0 Å². The van der Waals surface area contributed by atoms with E-state index in [0.717, 1.165) is 49.0 Å². The molecule has 0 radical (unpaired) electrons. The standard InChI is InChI=1S/C18H29N3O3/c1-5-13(18(3,4)24-17(19)23)8-10-21-9-6-7-14-15(16(21)22)12(2)11-20-14/h11,13,20H,5-10H2,1-4H3,(H2,19,23). The van der Waals surface area contributed by atoms with Crippen molar-refractivity contribution >= 4 is 12.0 Å². The van der Waals surface area contributed by atoms with E-state index in [1.54, 1.807) is 0 Å². The molecular weight excluding hydrogens is 306 g/mol. The topological polar surface area (TPSA) is 88.4 Å². The average Bonchev–Trinajstić information content (AvgIpc) is 2.76. The van der Waals surface area contributed by atoms with Gasteiger partial charge >= 0.3 is 6.09 Å². The van der Waals surface area contributed by atoms with Crippen LogP contribution in [0.2, 0.25) is 0 Å². The van der Waals surface area contributed by atoms with Gasteiger partial charge in [0.25, 0.3) is 5.91 Å². The molecule has 1 aromatic rings. The summed E-state index contributed by atoms with van der Waals surface area (Å²) in [6, 6.07) is 0. The Morgan fingerprint density at radius 2 is 2.21 bits per heavy atom. The van der Waals surface area contributed by atoms with E-state index in [0.29, 0.717) is 6.54 Å². The Kier molecular flexibility index (Phi) is 5.57. The minimum absolute atomic E-state index is 0.102. The number of aryl methyl sites for hydroxylation is 2. The lowest BCUT2D eigenvalue weighted by atomic mass is 9.85. The Labute approximate surface area is 143 Å². The Morgan fingerprint density at radius 3 is 2.83 bits per heavy atom. The third-order valence-electron chi connectivity index (χ3n) is 5.10. The third-order valence-corrected chi connectivity index (χ3v) is 5.10. The molecule has 0 aliphatic carbocycles. The van der Waals surface area contributed by atoms with Crippen molar-refractivity contribution < 1.29 is 14.3 Å². The minimum atomic E-state index is -0.753. The number of H-pyrrole nitrogens is 1. The van der Waals surface area contributed by atoms with Gasteiger partial charge in [-0.05, 0) is 57.9 Å². The highest BCUT2D eigenvalue weighted by molar-refractivity contribution is 5.97. The third kappa shape index (κ3) is 3.91. The molecule has 1 aromatic heterocycles. The second-order valence-electron chi connectivity index (χ2n) is 7.14. The molecule has 0 aromatic carbocycles. The van der Waals surface area contributed by atoms with E-state index >= 15 is 0 Å². The molecule has 24 heavy (non-hydrogen) atoms. The summed E-state index contributed by atoms with van der Waals surface area (Å²) in [7, 11) is 0. The highest BCUT2D eigenvalue weighted by Crippen LogP contribution is 2.29. The van der Waals surface area contributed by atoms with Crippen molar-refractivity contribution in [1.29, 1.82) is 0 Å². The Morgan fingerprint density at radius 1 is 1.50 bits per heavy atom. The molecule has 6 heteroatoms. The number of ether oxygens (including phenoxy) is 1. The number of nitrogens with zero attached hydrogens (tertiary/aromatic N) is 1. The average molecular weight is 335 g/mol. The lowest BCUT2D eigenvalue weighted by Crippen LogP contribution is -2.41. The molecule has 2 heterocycles. The molecule has 0 fully saturated rings. The number of rotatable bonds is 6. The van der Waals surface area contributed by atoms with Crippen molar-refractivity contribution in [2.75, 3.05) is 13.1 Å². The minimum Gasteiger partial charge on any atom is -0.443 e. The summed E-state index contributed by atoms with van der Waals surface area (Å²) in [6.07, 6.45) is 4.65. The SMILES string of the molecule is CCC(CCN1CCCc2[nH]cc(C)c2C1=O)C(C)(C)OC(N)=O. The number of nitrogens with two attached hydrogens (primary N) is 1. The summed E-state index contributed by atoms with van der Waals surface area (Å²) in [4.78, 5) is 29.1. The molecule has 0 saturated heterocycles. The molecule has 0 saturated carbocycles. The van der Waals surface area contributed by atoms with Crippen LogP contribution in [-0.2, 0) is 11.2 Å². The normalized spacial score (nSPS) is 16.5. The van der Waals surface area contributed by atoms with E-state index in [-0.39, 0.29) is 11.8 Å². The maximum absolute atomic E-state index is 12.8. The predicted octanol–water partition coefficient (Wildman–Crippen LogP) is 3.00. The zero-order chi connectivity index (χ0) is 17.9. The van der Waals surface area contributed by atoms with E-state index in [1.807, 2.05) is 31.9 Å². The first-order chi connectivity index (χ1) is 11.3. The van der Waals surface area contributed by atoms with Crippen LogP contribution in [0.3, 0.4) is 0 Å². The number of primary amides is 1. The van der Waals surface area contributed by atoms with Gasteiger partial charge in [-0.1, -0.05) is 6.92 Å². The summed E-state index contributed by atoms with van der Waals surface area (Å²) in [5.41, 5.74) is 7.43. The van der Waals surface area contributed by atoms with Gasteiger partial charge in [0.05, 0.1) is 5.56 Å². The molecule has 0 bridgehead atoms. The quantitative estimate of drug-likeness (QED) is 0.837. The van der Waals surface area contributed by atoms with Gasteiger partial charge in [0.15, 0.2) is 0 Å². The van der Waals surface area contributed by atoms with Gasteiger partial charge in [-0.3, -0.25) is 4.79 Å². The number of fused-ring (bicyclic) bond motifs is 1. The lowest BCUT2D eigenvalue weighted by Gasteiger charge is -2.34. The van der Waals surface area contributed by atoms with E-state index in [2.05, 4.69) is 11.9 Å². The molecule has 1 aliphatic heterocycles. The zero-order valence-corrected chi connectivity index (χ0v) is 15.1. The van der Waals surface area contributed by atoms with Gasteiger partial charge in [0, 0.05) is 25.0 Å². The molecule has 3 N–H and O–H groups in total. The summed E-state index contributed by atoms with van der Waals surface area (Å²) in [6.45, 7) is 9.21. The number of aromatic amines is 1. The van der Waals surface area contributed by atoms with Crippen molar-refractivity contribution in [3.8, 4) is 0 Å². The van der Waals surface area contributed by atoms with Crippen LogP contribution in [-0.4, -0.2) is 40.6 Å². The molecule has 2 amide bonds. The first kappa shape index (κ1) is 18.4. The maximum Gasteiger partial charge on any atom is 0.405 e. The number of carbonyl (C=O) groups excluding carboxylic acids is 2. The lowest BCUT2D eigenvalue weighted by molar-refractivity contribution is -0.00855. The fraction of sp³-hybridized carbons (Fsp3) is 0.667. The van der Waals surface area contributed by atoms with E-state index in [9.17, 15) is 9.59 Å². The summed E-state index contributed by atoms with van der Waals surface area (Å²) in [5.74, 6) is 0.248. The van der Waals surface area contributed by atoms with Crippen molar-refractivity contribution in [2.24, 2.45) is 11.7 Å². The Balaban J connectivity index is 2.06. The summed E-state index contributed by atoms with van der Waals surface area (Å²) in [5, 5.41) is 0. The van der Waals surface area contributed by atoms with E-state index in [4.69, 9.17) is 10.5 Å². The molecule has 0 spiro atoms. The molecule has 2 rings (SSSR count).